The van der Waals surface area contributed by atoms with Crippen molar-refractivity contribution in [1.82, 2.24) is 10.6 Å². The van der Waals surface area contributed by atoms with Crippen molar-refractivity contribution in [2.45, 2.75) is 84.4 Å². The van der Waals surface area contributed by atoms with Gasteiger partial charge < -0.3 is 20.5 Å². The summed E-state index contributed by atoms with van der Waals surface area (Å²) in [4.78, 5) is 11.9. The molecule has 0 radical (unpaired) electrons. The number of ether oxygens (including phenoxy) is 1. The minimum atomic E-state index is -0.454. The minimum absolute atomic E-state index is 0.0975. The summed E-state index contributed by atoms with van der Waals surface area (Å²) in [5, 5.41) is 15.7. The van der Waals surface area contributed by atoms with Gasteiger partial charge in [-0.05, 0) is 58.3 Å². The summed E-state index contributed by atoms with van der Waals surface area (Å²) >= 11 is 0. The maximum atomic E-state index is 11.9. The molecule has 0 spiro atoms. The summed E-state index contributed by atoms with van der Waals surface area (Å²) in [7, 11) is 0. The highest BCUT2D eigenvalue weighted by molar-refractivity contribution is 5.68. The molecular formula is C17H34N2O3. The van der Waals surface area contributed by atoms with Crippen LogP contribution in [0.5, 0.6) is 0 Å². The van der Waals surface area contributed by atoms with Gasteiger partial charge >= 0.3 is 6.09 Å². The summed E-state index contributed by atoms with van der Waals surface area (Å²) in [5.74, 6) is 0. The molecule has 1 rings (SSSR count). The molecule has 3 N–H and O–H groups in total. The molecule has 0 aromatic heterocycles. The molecule has 1 aliphatic carbocycles. The summed E-state index contributed by atoms with van der Waals surface area (Å²) in [6, 6.07) is 0.605. The highest BCUT2D eigenvalue weighted by atomic mass is 16.6. The van der Waals surface area contributed by atoms with Crippen LogP contribution in [0.4, 0.5) is 4.79 Å². The number of rotatable bonds is 6. The molecule has 2 atom stereocenters. The standard InChI is InChI=1S/C17H34N2O3/c1-16(2,3)22-15(21)19-14-8-6-7-13(11-14)18-12-17(4,5)9-10-20/h13-14,18,20H,6-12H2,1-5H3,(H,19,21). The van der Waals surface area contributed by atoms with Crippen LogP contribution in [-0.2, 0) is 4.74 Å². The Hall–Kier alpha value is -0.810. The highest BCUT2D eigenvalue weighted by Crippen LogP contribution is 2.22. The van der Waals surface area contributed by atoms with Gasteiger partial charge in [0.05, 0.1) is 0 Å². The van der Waals surface area contributed by atoms with E-state index in [1.807, 2.05) is 20.8 Å². The van der Waals surface area contributed by atoms with E-state index >= 15 is 0 Å². The van der Waals surface area contributed by atoms with Crippen molar-refractivity contribution in [3.8, 4) is 0 Å². The van der Waals surface area contributed by atoms with Crippen LogP contribution in [0.25, 0.3) is 0 Å². The lowest BCUT2D eigenvalue weighted by Crippen LogP contribution is -2.47. The molecule has 1 amide bonds. The van der Waals surface area contributed by atoms with Gasteiger partial charge in [0.2, 0.25) is 0 Å². The van der Waals surface area contributed by atoms with Crippen LogP contribution in [0.2, 0.25) is 0 Å². The number of nitrogens with one attached hydrogen (secondary N) is 2. The van der Waals surface area contributed by atoms with Crippen molar-refractivity contribution >= 4 is 6.09 Å². The predicted molar refractivity (Wildman–Crippen MR) is 88.9 cm³/mol. The number of carbonyl (C=O) groups excluding carboxylic acids is 1. The molecule has 1 aliphatic rings. The Labute approximate surface area is 135 Å². The second-order valence-electron chi connectivity index (χ2n) is 8.23. The lowest BCUT2D eigenvalue weighted by atomic mass is 9.87. The zero-order chi connectivity index (χ0) is 16.8. The van der Waals surface area contributed by atoms with Crippen molar-refractivity contribution in [1.29, 1.82) is 0 Å². The van der Waals surface area contributed by atoms with Crippen LogP contribution < -0.4 is 10.6 Å². The van der Waals surface area contributed by atoms with E-state index in [9.17, 15) is 4.79 Å². The van der Waals surface area contributed by atoms with Crippen molar-refractivity contribution in [3.63, 3.8) is 0 Å². The van der Waals surface area contributed by atoms with Gasteiger partial charge in [-0.1, -0.05) is 13.8 Å². The van der Waals surface area contributed by atoms with E-state index in [2.05, 4.69) is 24.5 Å². The molecular weight excluding hydrogens is 280 g/mol. The first-order chi connectivity index (χ1) is 10.1. The van der Waals surface area contributed by atoms with Gasteiger partial charge in [0.15, 0.2) is 0 Å². The Morgan fingerprint density at radius 3 is 2.41 bits per heavy atom. The van der Waals surface area contributed by atoms with Crippen LogP contribution in [-0.4, -0.2) is 42.0 Å². The van der Waals surface area contributed by atoms with E-state index in [-0.39, 0.29) is 24.2 Å². The van der Waals surface area contributed by atoms with Gasteiger partial charge in [0, 0.05) is 25.2 Å². The van der Waals surface area contributed by atoms with E-state index in [0.29, 0.717) is 6.04 Å². The first-order valence-electron chi connectivity index (χ1n) is 8.45. The van der Waals surface area contributed by atoms with E-state index in [0.717, 1.165) is 38.6 Å². The van der Waals surface area contributed by atoms with Gasteiger partial charge in [0.1, 0.15) is 5.60 Å². The number of hydrogen-bond acceptors (Lipinski definition) is 4. The summed E-state index contributed by atoms with van der Waals surface area (Å²) < 4.78 is 5.32. The van der Waals surface area contributed by atoms with E-state index in [1.54, 1.807) is 0 Å². The van der Waals surface area contributed by atoms with Gasteiger partial charge in [-0.3, -0.25) is 0 Å². The number of amides is 1. The molecule has 5 nitrogen and oxygen atoms in total. The number of aliphatic hydroxyl groups excluding tert-OH is 1. The fraction of sp³-hybridized carbons (Fsp3) is 0.941. The zero-order valence-corrected chi connectivity index (χ0v) is 14.9. The molecule has 1 saturated carbocycles. The van der Waals surface area contributed by atoms with Crippen LogP contribution in [0.1, 0.15) is 66.7 Å². The second kappa shape index (κ2) is 8.16. The van der Waals surface area contributed by atoms with Crippen LogP contribution in [0.3, 0.4) is 0 Å². The van der Waals surface area contributed by atoms with Gasteiger partial charge in [-0.2, -0.15) is 0 Å². The maximum absolute atomic E-state index is 11.9. The molecule has 0 aromatic rings. The normalized spacial score (nSPS) is 23.2. The lowest BCUT2D eigenvalue weighted by Gasteiger charge is -2.33. The summed E-state index contributed by atoms with van der Waals surface area (Å²) in [6.07, 6.45) is 4.68. The third kappa shape index (κ3) is 7.99. The average molecular weight is 314 g/mol. The maximum Gasteiger partial charge on any atom is 0.407 e. The van der Waals surface area contributed by atoms with Crippen molar-refractivity contribution < 1.29 is 14.6 Å². The van der Waals surface area contributed by atoms with Crippen molar-refractivity contribution in [3.05, 3.63) is 0 Å². The summed E-state index contributed by atoms with van der Waals surface area (Å²) in [6.45, 7) is 11.1. The third-order valence-corrected chi connectivity index (χ3v) is 4.05. The van der Waals surface area contributed by atoms with E-state index < -0.39 is 5.60 Å². The lowest BCUT2D eigenvalue weighted by molar-refractivity contribution is 0.0487. The fourth-order valence-corrected chi connectivity index (χ4v) is 2.79. The molecule has 0 aromatic carbocycles. The topological polar surface area (TPSA) is 70.6 Å². The quantitative estimate of drug-likeness (QED) is 0.705. The molecule has 0 aliphatic heterocycles. The molecule has 2 unspecified atom stereocenters. The van der Waals surface area contributed by atoms with Crippen molar-refractivity contribution in [2.75, 3.05) is 13.2 Å². The van der Waals surface area contributed by atoms with E-state index in [4.69, 9.17) is 9.84 Å². The van der Waals surface area contributed by atoms with Gasteiger partial charge in [-0.15, -0.1) is 0 Å². The fourth-order valence-electron chi connectivity index (χ4n) is 2.79. The first kappa shape index (κ1) is 19.2. The highest BCUT2D eigenvalue weighted by Gasteiger charge is 2.26. The van der Waals surface area contributed by atoms with Crippen LogP contribution in [0, 0.1) is 5.41 Å². The molecule has 22 heavy (non-hydrogen) atoms. The van der Waals surface area contributed by atoms with Crippen molar-refractivity contribution in [2.24, 2.45) is 5.41 Å². The predicted octanol–water partition coefficient (Wildman–Crippen LogP) is 2.82. The average Bonchev–Trinajstić information content (AvgIpc) is 2.34. The van der Waals surface area contributed by atoms with Crippen LogP contribution >= 0.6 is 0 Å². The zero-order valence-electron chi connectivity index (χ0n) is 14.9. The number of alkyl carbamates (subject to hydrolysis) is 1. The largest absolute Gasteiger partial charge is 0.444 e. The number of hydrogen-bond donors (Lipinski definition) is 3. The molecule has 0 heterocycles. The number of aliphatic hydroxyl groups is 1. The monoisotopic (exact) mass is 314 g/mol. The molecule has 1 fully saturated rings. The van der Waals surface area contributed by atoms with Gasteiger partial charge in [0.25, 0.3) is 0 Å². The Morgan fingerprint density at radius 1 is 1.18 bits per heavy atom. The Morgan fingerprint density at radius 2 is 1.82 bits per heavy atom. The Kier molecular flexibility index (Phi) is 7.13. The Balaban J connectivity index is 2.37. The molecule has 0 saturated heterocycles. The summed E-state index contributed by atoms with van der Waals surface area (Å²) in [5.41, 5.74) is -0.356. The molecule has 5 heteroatoms. The second-order valence-corrected chi connectivity index (χ2v) is 8.23. The smallest absolute Gasteiger partial charge is 0.407 e. The number of carbonyl (C=O) groups is 1. The molecule has 0 bridgehead atoms. The molecule has 130 valence electrons. The Bertz CT molecular complexity index is 350. The van der Waals surface area contributed by atoms with Crippen LogP contribution in [0.15, 0.2) is 0 Å². The third-order valence-electron chi connectivity index (χ3n) is 4.05. The van der Waals surface area contributed by atoms with Gasteiger partial charge in [-0.25, -0.2) is 4.79 Å². The SMILES string of the molecule is CC(C)(CCO)CNC1CCCC(NC(=O)OC(C)(C)C)C1. The first-order valence-corrected chi connectivity index (χ1v) is 8.45. The van der Waals surface area contributed by atoms with E-state index in [1.165, 1.54) is 0 Å². The minimum Gasteiger partial charge on any atom is -0.444 e.